The molecule has 4 aromatic rings. The summed E-state index contributed by atoms with van der Waals surface area (Å²) in [6.07, 6.45) is 7.29. The van der Waals surface area contributed by atoms with E-state index in [0.29, 0.717) is 5.56 Å². The van der Waals surface area contributed by atoms with E-state index in [4.69, 9.17) is 4.98 Å². The van der Waals surface area contributed by atoms with Crippen molar-refractivity contribution < 1.29 is 4.79 Å². The van der Waals surface area contributed by atoms with Crippen LogP contribution >= 0.6 is 0 Å². The zero-order valence-corrected chi connectivity index (χ0v) is 25.0. The molecule has 6 rings (SSSR count). The van der Waals surface area contributed by atoms with Crippen molar-refractivity contribution in [1.82, 2.24) is 30.2 Å². The second-order valence-electron chi connectivity index (χ2n) is 12.5. The largest absolute Gasteiger partial charge is 0.369 e. The lowest BCUT2D eigenvalue weighted by molar-refractivity contribution is 0.0932. The molecule has 220 valence electrons. The lowest BCUT2D eigenvalue weighted by atomic mass is 9.91. The minimum Gasteiger partial charge on any atom is -0.369 e. The molecule has 0 radical (unpaired) electrons. The number of hydrogen-bond donors (Lipinski definition) is 3. The molecule has 42 heavy (non-hydrogen) atoms. The van der Waals surface area contributed by atoms with Gasteiger partial charge in [0.2, 0.25) is 0 Å². The maximum Gasteiger partial charge on any atom is 0.253 e. The van der Waals surface area contributed by atoms with E-state index in [-0.39, 0.29) is 17.4 Å². The molecule has 3 N–H and O–H groups in total. The van der Waals surface area contributed by atoms with Gasteiger partial charge in [0.05, 0.1) is 35.0 Å². The summed E-state index contributed by atoms with van der Waals surface area (Å²) in [4.78, 5) is 37.2. The molecule has 2 aliphatic rings. The van der Waals surface area contributed by atoms with E-state index < -0.39 is 0 Å². The van der Waals surface area contributed by atoms with Crippen molar-refractivity contribution in [3.8, 4) is 0 Å². The number of amides is 1. The van der Waals surface area contributed by atoms with Crippen molar-refractivity contribution in [3.05, 3.63) is 66.4 Å². The zero-order chi connectivity index (χ0) is 29.3. The average molecular weight is 568 g/mol. The van der Waals surface area contributed by atoms with E-state index in [9.17, 15) is 4.79 Å². The maximum atomic E-state index is 13.0. The number of H-pyrrole nitrogens is 1. The van der Waals surface area contributed by atoms with Crippen LogP contribution < -0.4 is 20.4 Å². The van der Waals surface area contributed by atoms with Crippen LogP contribution in [0.15, 0.2) is 55.1 Å². The van der Waals surface area contributed by atoms with Crippen molar-refractivity contribution in [3.63, 3.8) is 0 Å². The summed E-state index contributed by atoms with van der Waals surface area (Å²) in [5.74, 6) is 0.705. The molecule has 2 saturated heterocycles. The highest BCUT2D eigenvalue weighted by molar-refractivity contribution is 5.94. The number of fused-ring (bicyclic) bond motifs is 1. The number of hydrogen-bond acceptors (Lipinski definition) is 8. The van der Waals surface area contributed by atoms with E-state index in [2.05, 4.69) is 86.3 Å². The fourth-order valence-electron chi connectivity index (χ4n) is 5.73. The first-order valence-corrected chi connectivity index (χ1v) is 14.9. The molecule has 0 spiro atoms. The summed E-state index contributed by atoms with van der Waals surface area (Å²) in [5.41, 5.74) is 6.48. The minimum absolute atomic E-state index is 0.0474. The van der Waals surface area contributed by atoms with Gasteiger partial charge in [-0.2, -0.15) is 0 Å². The number of aromatic nitrogens is 4. The fourth-order valence-corrected chi connectivity index (χ4v) is 5.73. The summed E-state index contributed by atoms with van der Waals surface area (Å²) < 4.78 is 0. The van der Waals surface area contributed by atoms with Gasteiger partial charge >= 0.3 is 0 Å². The molecular formula is C32H41N9O. The standard InChI is InChI=1S/C32H41N9O/c1-32(2,3)28-9-7-22(18-33-28)31(42)37-23-6-5-11-41(20-23)25-16-26-30(36-21-35-26)27(17-25)38-29-10-8-24(19-34-29)40-14-12-39(4)13-15-40/h7-10,16-19,21,23H,5-6,11-15,20H2,1-4H3,(H,34,38)(H,35,36)(H,37,42). The van der Waals surface area contributed by atoms with Crippen LogP contribution in [0.4, 0.5) is 22.9 Å². The summed E-state index contributed by atoms with van der Waals surface area (Å²) >= 11 is 0. The Bertz CT molecular complexity index is 1520. The lowest BCUT2D eigenvalue weighted by Gasteiger charge is -2.35. The van der Waals surface area contributed by atoms with Crippen LogP contribution in [0.2, 0.25) is 0 Å². The Labute approximate surface area is 247 Å². The summed E-state index contributed by atoms with van der Waals surface area (Å²) in [7, 11) is 2.16. The monoisotopic (exact) mass is 567 g/mol. The third-order valence-electron chi connectivity index (χ3n) is 8.30. The summed E-state index contributed by atoms with van der Waals surface area (Å²) in [6, 6.07) is 12.3. The van der Waals surface area contributed by atoms with Gasteiger partial charge < -0.3 is 30.3 Å². The number of likely N-dealkylation sites (N-methyl/N-ethyl adjacent to an activating group) is 1. The number of imidazole rings is 1. The lowest BCUT2D eigenvalue weighted by Crippen LogP contribution is -2.47. The van der Waals surface area contributed by atoms with Crippen molar-refractivity contribution >= 4 is 39.8 Å². The number of pyridine rings is 2. The number of anilines is 4. The SMILES string of the molecule is CN1CCN(c2ccc(Nc3cc(N4CCCC(NC(=O)c5ccc(C(C)(C)C)nc5)C4)cc4[nH]cnc34)nc2)CC1. The molecule has 1 atom stereocenters. The van der Waals surface area contributed by atoms with Crippen molar-refractivity contribution in [2.24, 2.45) is 0 Å². The molecule has 0 aliphatic carbocycles. The highest BCUT2D eigenvalue weighted by Gasteiger charge is 2.24. The van der Waals surface area contributed by atoms with Gasteiger partial charge in [0.25, 0.3) is 5.91 Å². The first-order valence-electron chi connectivity index (χ1n) is 14.9. The topological polar surface area (TPSA) is 105 Å². The first kappa shape index (κ1) is 28.0. The third-order valence-corrected chi connectivity index (χ3v) is 8.30. The van der Waals surface area contributed by atoms with Crippen molar-refractivity contribution in [1.29, 1.82) is 0 Å². The Balaban J connectivity index is 1.14. The number of benzene rings is 1. The summed E-state index contributed by atoms with van der Waals surface area (Å²) in [6.45, 7) is 12.2. The Morgan fingerprint density at radius 2 is 1.76 bits per heavy atom. The van der Waals surface area contributed by atoms with Gasteiger partial charge in [0.1, 0.15) is 11.3 Å². The van der Waals surface area contributed by atoms with E-state index in [1.165, 1.54) is 0 Å². The number of carbonyl (C=O) groups is 1. The molecule has 2 aliphatic heterocycles. The van der Waals surface area contributed by atoms with Crippen LogP contribution in [0.25, 0.3) is 11.0 Å². The first-order chi connectivity index (χ1) is 20.2. The van der Waals surface area contributed by atoms with Gasteiger partial charge in [0, 0.05) is 68.3 Å². The van der Waals surface area contributed by atoms with Crippen LogP contribution in [0, 0.1) is 0 Å². The van der Waals surface area contributed by atoms with E-state index in [1.807, 2.05) is 24.4 Å². The number of rotatable bonds is 6. The normalized spacial score (nSPS) is 18.3. The molecule has 10 heteroatoms. The van der Waals surface area contributed by atoms with Crippen LogP contribution in [0.5, 0.6) is 0 Å². The maximum absolute atomic E-state index is 13.0. The van der Waals surface area contributed by atoms with E-state index in [1.54, 1.807) is 12.5 Å². The van der Waals surface area contributed by atoms with E-state index in [0.717, 1.165) is 91.7 Å². The number of piperazine rings is 1. The zero-order valence-electron chi connectivity index (χ0n) is 25.0. The van der Waals surface area contributed by atoms with Crippen molar-refractivity contribution in [2.45, 2.75) is 45.1 Å². The molecule has 2 fully saturated rings. The minimum atomic E-state index is -0.0766. The Hall–Kier alpha value is -4.18. The molecule has 1 aromatic carbocycles. The highest BCUT2D eigenvalue weighted by Crippen LogP contribution is 2.32. The number of nitrogens with zero attached hydrogens (tertiary/aromatic N) is 6. The molecule has 10 nitrogen and oxygen atoms in total. The molecule has 3 aromatic heterocycles. The number of aromatic amines is 1. The van der Waals surface area contributed by atoms with Gasteiger partial charge in [-0.05, 0) is 56.3 Å². The average Bonchev–Trinajstić information content (AvgIpc) is 3.47. The predicted octanol–water partition coefficient (Wildman–Crippen LogP) is 4.54. The molecule has 1 unspecified atom stereocenters. The smallest absolute Gasteiger partial charge is 0.253 e. The van der Waals surface area contributed by atoms with Crippen LogP contribution in [-0.2, 0) is 5.41 Å². The second kappa shape index (κ2) is 11.6. The van der Waals surface area contributed by atoms with Gasteiger partial charge in [-0.3, -0.25) is 9.78 Å². The molecular weight excluding hydrogens is 526 g/mol. The highest BCUT2D eigenvalue weighted by atomic mass is 16.1. The Morgan fingerprint density at radius 3 is 2.48 bits per heavy atom. The van der Waals surface area contributed by atoms with Crippen LogP contribution in [0.3, 0.4) is 0 Å². The Kier molecular flexibility index (Phi) is 7.72. The van der Waals surface area contributed by atoms with Gasteiger partial charge in [-0.15, -0.1) is 0 Å². The summed E-state index contributed by atoms with van der Waals surface area (Å²) in [5, 5.41) is 6.75. The van der Waals surface area contributed by atoms with Crippen LogP contribution in [-0.4, -0.2) is 83.1 Å². The van der Waals surface area contributed by atoms with Gasteiger partial charge in [0.15, 0.2) is 0 Å². The fraction of sp³-hybridized carbons (Fsp3) is 0.438. The van der Waals surface area contributed by atoms with E-state index >= 15 is 0 Å². The van der Waals surface area contributed by atoms with Gasteiger partial charge in [-0.25, -0.2) is 9.97 Å². The number of piperidine rings is 1. The Morgan fingerprint density at radius 1 is 0.929 bits per heavy atom. The van der Waals surface area contributed by atoms with Gasteiger partial charge in [-0.1, -0.05) is 20.8 Å². The molecule has 0 saturated carbocycles. The quantitative estimate of drug-likeness (QED) is 0.312. The molecule has 5 heterocycles. The number of nitrogens with one attached hydrogen (secondary N) is 3. The molecule has 0 bridgehead atoms. The number of carbonyl (C=O) groups excluding carboxylic acids is 1. The van der Waals surface area contributed by atoms with Crippen molar-refractivity contribution in [2.75, 3.05) is 61.4 Å². The van der Waals surface area contributed by atoms with Crippen LogP contribution in [0.1, 0.15) is 49.7 Å². The predicted molar refractivity (Wildman–Crippen MR) is 169 cm³/mol. The molecule has 1 amide bonds. The second-order valence-corrected chi connectivity index (χ2v) is 12.5. The third kappa shape index (κ3) is 6.18.